The monoisotopic (exact) mass is 658 g/mol. The smallest absolute Gasteiger partial charge is 0.290 e. The number of pyridine rings is 2. The molecule has 1 aliphatic carbocycles. The highest BCUT2D eigenvalue weighted by Gasteiger charge is 2.30. The van der Waals surface area contributed by atoms with Crippen molar-refractivity contribution in [3.63, 3.8) is 0 Å². The molecule has 3 atom stereocenters. The van der Waals surface area contributed by atoms with Crippen molar-refractivity contribution >= 4 is 33.9 Å². The van der Waals surface area contributed by atoms with Gasteiger partial charge in [0.15, 0.2) is 0 Å². The number of nitrogens with zero attached hydrogens (tertiary/aromatic N) is 2. The highest BCUT2D eigenvalue weighted by molar-refractivity contribution is 7.20. The second-order valence-electron chi connectivity index (χ2n) is 13.8. The molecule has 1 aromatic carbocycles. The number of aliphatic hydroxyl groups excluding tert-OH is 1. The molecule has 0 bridgehead atoms. The number of aryl methyl sites for hydroxylation is 1. The number of carboxylic acid groups (broad SMARTS) is 1. The van der Waals surface area contributed by atoms with E-state index < -0.39 is 0 Å². The molecule has 1 amide bonds. The molecule has 1 fully saturated rings. The predicted molar refractivity (Wildman–Crippen MR) is 187 cm³/mol. The lowest BCUT2D eigenvalue weighted by Gasteiger charge is -2.35. The summed E-state index contributed by atoms with van der Waals surface area (Å²) in [4.78, 5) is 45.4. The average Bonchev–Trinajstić information content (AvgIpc) is 3.49. The quantitative estimate of drug-likeness (QED) is 0.165. The number of thiophene rings is 1. The number of benzene rings is 1. The summed E-state index contributed by atoms with van der Waals surface area (Å²) in [5.41, 5.74) is 5.63. The molecular weight excluding hydrogens is 612 g/mol. The number of hydrogen-bond acceptors (Lipinski definition) is 7. The molecule has 2 aliphatic rings. The second-order valence-corrected chi connectivity index (χ2v) is 14.8. The molecule has 1 saturated heterocycles. The van der Waals surface area contributed by atoms with Crippen molar-refractivity contribution < 1.29 is 19.8 Å². The van der Waals surface area contributed by atoms with E-state index in [0.717, 1.165) is 84.9 Å². The van der Waals surface area contributed by atoms with E-state index in [1.807, 2.05) is 24.3 Å². The van der Waals surface area contributed by atoms with Crippen molar-refractivity contribution in [1.29, 1.82) is 0 Å². The van der Waals surface area contributed by atoms with E-state index in [4.69, 9.17) is 14.9 Å². The van der Waals surface area contributed by atoms with Crippen LogP contribution in [-0.4, -0.2) is 63.2 Å². The number of nitrogens with one attached hydrogen (secondary N) is 2. The summed E-state index contributed by atoms with van der Waals surface area (Å²) in [6, 6.07) is 15.8. The van der Waals surface area contributed by atoms with Gasteiger partial charge in [0.1, 0.15) is 4.83 Å². The third-order valence-corrected chi connectivity index (χ3v) is 10.8. The molecule has 4 heterocycles. The number of amides is 1. The fourth-order valence-electron chi connectivity index (χ4n) is 6.88. The SMILES string of the molecule is CC(C)(C)[C@H]1CCc2nc3sc(C(=O)N[C@H](CCN4CCCCC4CO)c4ccc(-c5ccc(=O)[nH]c5)cc4)cc3cc2C1.O=CO. The first kappa shape index (κ1) is 34.5. The molecule has 0 radical (unpaired) electrons. The Morgan fingerprint density at radius 3 is 2.55 bits per heavy atom. The molecule has 250 valence electrons. The predicted octanol–water partition coefficient (Wildman–Crippen LogP) is 6.21. The zero-order chi connectivity index (χ0) is 33.6. The molecule has 4 aromatic rings. The lowest BCUT2D eigenvalue weighted by atomic mass is 9.71. The maximum Gasteiger partial charge on any atom is 0.290 e. The van der Waals surface area contributed by atoms with Crippen LogP contribution in [0, 0.1) is 11.3 Å². The van der Waals surface area contributed by atoms with Gasteiger partial charge in [0.25, 0.3) is 12.4 Å². The minimum Gasteiger partial charge on any atom is -0.483 e. The van der Waals surface area contributed by atoms with Crippen LogP contribution in [0.25, 0.3) is 21.3 Å². The van der Waals surface area contributed by atoms with Crippen molar-refractivity contribution in [3.05, 3.63) is 86.8 Å². The van der Waals surface area contributed by atoms with E-state index in [1.54, 1.807) is 6.20 Å². The van der Waals surface area contributed by atoms with Crippen molar-refractivity contribution in [2.24, 2.45) is 11.3 Å². The maximum atomic E-state index is 13.8. The number of hydrogen-bond donors (Lipinski definition) is 4. The summed E-state index contributed by atoms with van der Waals surface area (Å²) in [6.45, 7) is 8.66. The van der Waals surface area contributed by atoms with Crippen LogP contribution < -0.4 is 10.9 Å². The molecule has 1 unspecified atom stereocenters. The zero-order valence-electron chi connectivity index (χ0n) is 27.5. The number of piperidine rings is 1. The Labute approximate surface area is 280 Å². The third-order valence-electron chi connectivity index (χ3n) is 9.72. The fourth-order valence-corrected chi connectivity index (χ4v) is 7.82. The van der Waals surface area contributed by atoms with Gasteiger partial charge in [-0.2, -0.15) is 0 Å². The topological polar surface area (TPSA) is 136 Å². The van der Waals surface area contributed by atoms with Gasteiger partial charge in [0, 0.05) is 35.9 Å². The summed E-state index contributed by atoms with van der Waals surface area (Å²) in [5, 5.41) is 21.2. The van der Waals surface area contributed by atoms with Crippen LogP contribution in [0.4, 0.5) is 0 Å². The van der Waals surface area contributed by atoms with Crippen molar-refractivity contribution in [2.45, 2.75) is 77.8 Å². The van der Waals surface area contributed by atoms with E-state index >= 15 is 0 Å². The van der Waals surface area contributed by atoms with Crippen LogP contribution >= 0.6 is 11.3 Å². The second kappa shape index (κ2) is 15.4. The van der Waals surface area contributed by atoms with E-state index in [9.17, 15) is 14.7 Å². The molecule has 6 rings (SSSR count). The Bertz CT molecular complexity index is 1710. The number of H-pyrrole nitrogens is 1. The van der Waals surface area contributed by atoms with Crippen LogP contribution in [-0.2, 0) is 17.6 Å². The Kier molecular flexibility index (Phi) is 11.3. The molecule has 3 aromatic heterocycles. The number of likely N-dealkylation sites (tertiary alicyclic amines) is 1. The summed E-state index contributed by atoms with van der Waals surface area (Å²) < 4.78 is 0. The molecule has 10 heteroatoms. The summed E-state index contributed by atoms with van der Waals surface area (Å²) in [6.07, 6.45) is 8.95. The van der Waals surface area contributed by atoms with Gasteiger partial charge in [-0.3, -0.25) is 19.3 Å². The average molecular weight is 659 g/mol. The highest BCUT2D eigenvalue weighted by atomic mass is 32.1. The highest BCUT2D eigenvalue weighted by Crippen LogP contribution is 2.38. The molecule has 0 spiro atoms. The molecule has 47 heavy (non-hydrogen) atoms. The van der Waals surface area contributed by atoms with Crippen molar-refractivity contribution in [3.8, 4) is 11.1 Å². The van der Waals surface area contributed by atoms with Crippen LogP contribution in [0.3, 0.4) is 0 Å². The van der Waals surface area contributed by atoms with E-state index in [-0.39, 0.29) is 42.0 Å². The molecule has 1 aliphatic heterocycles. The van der Waals surface area contributed by atoms with Crippen LogP contribution in [0.1, 0.15) is 85.4 Å². The molecule has 9 nitrogen and oxygen atoms in total. The number of fused-ring (bicyclic) bond motifs is 2. The Balaban J connectivity index is 0.00000139. The lowest BCUT2D eigenvalue weighted by Crippen LogP contribution is -2.43. The molecule has 0 saturated carbocycles. The number of aromatic amines is 1. The number of carbonyl (C=O) groups excluding carboxylic acids is 1. The number of aliphatic hydroxyl groups is 1. The van der Waals surface area contributed by atoms with Crippen LogP contribution in [0.15, 0.2) is 59.5 Å². The van der Waals surface area contributed by atoms with Crippen molar-refractivity contribution in [2.75, 3.05) is 19.7 Å². The third kappa shape index (κ3) is 8.54. The first-order valence-corrected chi connectivity index (χ1v) is 17.4. The Hall–Kier alpha value is -3.86. The minimum atomic E-state index is -0.250. The van der Waals surface area contributed by atoms with Gasteiger partial charge in [0.05, 0.1) is 17.5 Å². The molecular formula is C37H46N4O5S. The van der Waals surface area contributed by atoms with E-state index in [1.165, 1.54) is 28.7 Å². The van der Waals surface area contributed by atoms with Crippen molar-refractivity contribution in [1.82, 2.24) is 20.2 Å². The fraction of sp³-hybridized carbons (Fsp3) is 0.459. The van der Waals surface area contributed by atoms with Gasteiger partial charge in [-0.05, 0) is 96.9 Å². The van der Waals surface area contributed by atoms with Gasteiger partial charge >= 0.3 is 0 Å². The standard InChI is InChI=1S/C36H44N4O3S.CH2O2/c1-36(2,3)28-12-13-30-26(19-28)18-27-20-32(44-35(27)39-30)34(43)38-31(15-17-40-16-5-4-6-29(40)22-41)24-9-7-23(8-10-24)25-11-14-33(42)37-21-25;2-1-3/h7-11,14,18,20-21,28-29,31,41H,4-6,12-13,15-17,19,22H2,1-3H3,(H,37,42)(H,38,43);1H,(H,2,3)/t28-,29?,31+;/m0./s1. The summed E-state index contributed by atoms with van der Waals surface area (Å²) in [7, 11) is 0. The number of aromatic nitrogens is 2. The number of carbonyl (C=O) groups is 2. The first-order valence-electron chi connectivity index (χ1n) is 16.5. The maximum absolute atomic E-state index is 13.8. The Morgan fingerprint density at radius 1 is 1.13 bits per heavy atom. The zero-order valence-corrected chi connectivity index (χ0v) is 28.3. The van der Waals surface area contributed by atoms with E-state index in [0.29, 0.717) is 10.8 Å². The summed E-state index contributed by atoms with van der Waals surface area (Å²) in [5.74, 6) is 0.558. The van der Waals surface area contributed by atoms with Gasteiger partial charge in [0.2, 0.25) is 5.56 Å². The summed E-state index contributed by atoms with van der Waals surface area (Å²) >= 11 is 1.48. The van der Waals surface area contributed by atoms with Gasteiger partial charge < -0.3 is 20.5 Å². The largest absolute Gasteiger partial charge is 0.483 e. The van der Waals surface area contributed by atoms with Crippen LogP contribution in [0.2, 0.25) is 0 Å². The normalized spacial score (nSPS) is 18.9. The van der Waals surface area contributed by atoms with Gasteiger partial charge in [-0.25, -0.2) is 4.98 Å². The van der Waals surface area contributed by atoms with Crippen LogP contribution in [0.5, 0.6) is 0 Å². The lowest BCUT2D eigenvalue weighted by molar-refractivity contribution is -0.122. The minimum absolute atomic E-state index is 0.0781. The first-order chi connectivity index (χ1) is 22.6. The number of rotatable bonds is 8. The van der Waals surface area contributed by atoms with Gasteiger partial charge in [-0.15, -0.1) is 11.3 Å². The Morgan fingerprint density at radius 2 is 1.87 bits per heavy atom. The molecule has 4 N–H and O–H groups in total. The van der Waals surface area contributed by atoms with E-state index in [2.05, 4.69) is 54.2 Å². The van der Waals surface area contributed by atoms with Gasteiger partial charge in [-0.1, -0.05) is 51.5 Å².